The van der Waals surface area contributed by atoms with Gasteiger partial charge in [0.1, 0.15) is 5.75 Å². The molecule has 0 aliphatic carbocycles. The van der Waals surface area contributed by atoms with Crippen LogP contribution in [0.3, 0.4) is 0 Å². The van der Waals surface area contributed by atoms with Crippen molar-refractivity contribution >= 4 is 15.7 Å². The normalized spacial score (nSPS) is 11.3. The first-order valence-corrected chi connectivity index (χ1v) is 8.09. The largest absolute Gasteiger partial charge is 0.495 e. The lowest BCUT2D eigenvalue weighted by Gasteiger charge is -2.09. The molecule has 2 aromatic rings. The quantitative estimate of drug-likeness (QED) is 0.799. The van der Waals surface area contributed by atoms with Crippen LogP contribution in [-0.2, 0) is 22.3 Å². The molecule has 3 N–H and O–H groups in total. The Labute approximate surface area is 124 Å². The van der Waals surface area contributed by atoms with Gasteiger partial charge in [0.25, 0.3) is 0 Å². The van der Waals surface area contributed by atoms with Crippen LogP contribution in [0.1, 0.15) is 11.1 Å². The average Bonchev–Trinajstić information content (AvgIpc) is 2.46. The van der Waals surface area contributed by atoms with Crippen molar-refractivity contribution in [3.05, 3.63) is 59.7 Å². The van der Waals surface area contributed by atoms with Crippen molar-refractivity contribution in [2.24, 2.45) is 0 Å². The number of nitrogens with one attached hydrogen (secondary N) is 1. The third-order valence-electron chi connectivity index (χ3n) is 2.99. The van der Waals surface area contributed by atoms with Crippen molar-refractivity contribution in [1.82, 2.24) is 4.72 Å². The molecule has 112 valence electrons. The Hall–Kier alpha value is -2.05. The number of nitrogens with two attached hydrogens (primary N) is 1. The van der Waals surface area contributed by atoms with Crippen molar-refractivity contribution in [2.75, 3.05) is 12.8 Å². The molecule has 6 heteroatoms. The SMILES string of the molecule is COc1ccc(CNS(=O)(=O)Cc2ccccc2)cc1N. The van der Waals surface area contributed by atoms with E-state index in [-0.39, 0.29) is 12.3 Å². The van der Waals surface area contributed by atoms with Gasteiger partial charge in [0, 0.05) is 6.54 Å². The van der Waals surface area contributed by atoms with E-state index in [2.05, 4.69) is 4.72 Å². The van der Waals surface area contributed by atoms with Crippen LogP contribution in [0, 0.1) is 0 Å². The fourth-order valence-corrected chi connectivity index (χ4v) is 3.05. The monoisotopic (exact) mass is 306 g/mol. The molecule has 0 amide bonds. The average molecular weight is 306 g/mol. The van der Waals surface area contributed by atoms with Gasteiger partial charge in [-0.05, 0) is 23.3 Å². The summed E-state index contributed by atoms with van der Waals surface area (Å²) >= 11 is 0. The zero-order chi connectivity index (χ0) is 15.3. The van der Waals surface area contributed by atoms with Gasteiger partial charge in [-0.1, -0.05) is 36.4 Å². The van der Waals surface area contributed by atoms with Crippen LogP contribution in [0.4, 0.5) is 5.69 Å². The predicted molar refractivity (Wildman–Crippen MR) is 83.3 cm³/mol. The summed E-state index contributed by atoms with van der Waals surface area (Å²) in [6, 6.07) is 14.2. The Balaban J connectivity index is 2.00. The highest BCUT2D eigenvalue weighted by Crippen LogP contribution is 2.21. The highest BCUT2D eigenvalue weighted by Gasteiger charge is 2.11. The van der Waals surface area contributed by atoms with Crippen LogP contribution in [-0.4, -0.2) is 15.5 Å². The number of anilines is 1. The molecule has 0 saturated heterocycles. The van der Waals surface area contributed by atoms with E-state index in [4.69, 9.17) is 10.5 Å². The van der Waals surface area contributed by atoms with Gasteiger partial charge < -0.3 is 10.5 Å². The van der Waals surface area contributed by atoms with E-state index in [1.165, 1.54) is 7.11 Å². The van der Waals surface area contributed by atoms with Crippen molar-refractivity contribution in [3.63, 3.8) is 0 Å². The summed E-state index contributed by atoms with van der Waals surface area (Å²) in [5.74, 6) is 0.533. The molecule has 0 saturated carbocycles. The van der Waals surface area contributed by atoms with E-state index >= 15 is 0 Å². The molecule has 0 unspecified atom stereocenters. The molecule has 2 aromatic carbocycles. The summed E-state index contributed by atoms with van der Waals surface area (Å²) in [5, 5.41) is 0. The van der Waals surface area contributed by atoms with Gasteiger partial charge in [0.2, 0.25) is 10.0 Å². The van der Waals surface area contributed by atoms with Crippen molar-refractivity contribution in [2.45, 2.75) is 12.3 Å². The number of ether oxygens (including phenoxy) is 1. The lowest BCUT2D eigenvalue weighted by Crippen LogP contribution is -2.24. The Morgan fingerprint density at radius 1 is 1.10 bits per heavy atom. The molecule has 0 aliphatic rings. The maximum absolute atomic E-state index is 12.0. The molecule has 2 rings (SSSR count). The molecule has 0 aromatic heterocycles. The molecular formula is C15H18N2O3S. The number of benzene rings is 2. The first-order chi connectivity index (χ1) is 10.00. The van der Waals surface area contributed by atoms with Crippen LogP contribution in [0.15, 0.2) is 48.5 Å². The van der Waals surface area contributed by atoms with Gasteiger partial charge >= 0.3 is 0 Å². The van der Waals surface area contributed by atoms with Crippen molar-refractivity contribution < 1.29 is 13.2 Å². The minimum absolute atomic E-state index is 0.0422. The first kappa shape index (κ1) is 15.3. The van der Waals surface area contributed by atoms with E-state index in [1.54, 1.807) is 30.3 Å². The molecule has 0 aliphatic heterocycles. The van der Waals surface area contributed by atoms with Crippen LogP contribution < -0.4 is 15.2 Å². The van der Waals surface area contributed by atoms with Crippen LogP contribution in [0.25, 0.3) is 0 Å². The molecule has 0 fully saturated rings. The van der Waals surface area contributed by atoms with E-state index < -0.39 is 10.0 Å². The molecule has 0 radical (unpaired) electrons. The standard InChI is InChI=1S/C15H18N2O3S/c1-20-15-8-7-13(9-14(15)16)10-17-21(18,19)11-12-5-3-2-4-6-12/h2-9,17H,10-11,16H2,1H3. The number of methoxy groups -OCH3 is 1. The van der Waals surface area contributed by atoms with Gasteiger partial charge in [-0.25, -0.2) is 13.1 Å². The zero-order valence-corrected chi connectivity index (χ0v) is 12.6. The predicted octanol–water partition coefficient (Wildman–Crippen LogP) is 1.90. The summed E-state index contributed by atoms with van der Waals surface area (Å²) < 4.78 is 31.7. The van der Waals surface area contributed by atoms with Crippen LogP contribution in [0.2, 0.25) is 0 Å². The van der Waals surface area contributed by atoms with Gasteiger partial charge in [0.15, 0.2) is 0 Å². The summed E-state index contributed by atoms with van der Waals surface area (Å²) in [5.41, 5.74) is 7.81. The van der Waals surface area contributed by atoms with E-state index in [9.17, 15) is 8.42 Å². The second kappa shape index (κ2) is 6.60. The third-order valence-corrected chi connectivity index (χ3v) is 4.29. The minimum atomic E-state index is -3.38. The summed E-state index contributed by atoms with van der Waals surface area (Å²) in [4.78, 5) is 0. The maximum atomic E-state index is 12.0. The third kappa shape index (κ3) is 4.47. The molecular weight excluding hydrogens is 288 g/mol. The number of hydrogen-bond acceptors (Lipinski definition) is 4. The van der Waals surface area contributed by atoms with Crippen LogP contribution >= 0.6 is 0 Å². The Morgan fingerprint density at radius 3 is 2.43 bits per heavy atom. The van der Waals surface area contributed by atoms with E-state index in [1.807, 2.05) is 18.2 Å². The smallest absolute Gasteiger partial charge is 0.216 e. The van der Waals surface area contributed by atoms with Gasteiger partial charge in [-0.2, -0.15) is 0 Å². The Bertz CT molecular complexity index is 700. The summed E-state index contributed by atoms with van der Waals surface area (Å²) in [6.45, 7) is 0.198. The summed E-state index contributed by atoms with van der Waals surface area (Å²) in [6.07, 6.45) is 0. The van der Waals surface area contributed by atoms with Gasteiger partial charge in [0.05, 0.1) is 18.6 Å². The second-order valence-corrected chi connectivity index (χ2v) is 6.45. The molecule has 21 heavy (non-hydrogen) atoms. The maximum Gasteiger partial charge on any atom is 0.216 e. The van der Waals surface area contributed by atoms with Gasteiger partial charge in [-0.15, -0.1) is 0 Å². The second-order valence-electron chi connectivity index (χ2n) is 4.64. The molecule has 0 heterocycles. The van der Waals surface area contributed by atoms with E-state index in [0.717, 1.165) is 11.1 Å². The van der Waals surface area contributed by atoms with Crippen molar-refractivity contribution in [3.8, 4) is 5.75 Å². The van der Waals surface area contributed by atoms with Crippen LogP contribution in [0.5, 0.6) is 5.75 Å². The zero-order valence-electron chi connectivity index (χ0n) is 11.7. The number of hydrogen-bond donors (Lipinski definition) is 2. The molecule has 0 bridgehead atoms. The topological polar surface area (TPSA) is 81.4 Å². The molecule has 5 nitrogen and oxygen atoms in total. The number of sulfonamides is 1. The lowest BCUT2D eigenvalue weighted by molar-refractivity contribution is 0.417. The minimum Gasteiger partial charge on any atom is -0.495 e. The number of rotatable bonds is 6. The first-order valence-electron chi connectivity index (χ1n) is 6.44. The lowest BCUT2D eigenvalue weighted by atomic mass is 10.2. The summed E-state index contributed by atoms with van der Waals surface area (Å²) in [7, 11) is -1.85. The highest BCUT2D eigenvalue weighted by atomic mass is 32.2. The Kier molecular flexibility index (Phi) is 4.82. The molecule has 0 spiro atoms. The molecule has 0 atom stereocenters. The highest BCUT2D eigenvalue weighted by molar-refractivity contribution is 7.88. The fourth-order valence-electron chi connectivity index (χ4n) is 1.93. The Morgan fingerprint density at radius 2 is 1.81 bits per heavy atom. The fraction of sp³-hybridized carbons (Fsp3) is 0.200. The van der Waals surface area contributed by atoms with Gasteiger partial charge in [-0.3, -0.25) is 0 Å². The van der Waals surface area contributed by atoms with Crippen molar-refractivity contribution in [1.29, 1.82) is 0 Å². The van der Waals surface area contributed by atoms with E-state index in [0.29, 0.717) is 11.4 Å². The number of nitrogen functional groups attached to an aromatic ring is 1.